The monoisotopic (exact) mass is 322 g/mol. The average molecular weight is 323 g/mol. The molecule has 2 rings (SSSR count). The van der Waals surface area contributed by atoms with Gasteiger partial charge in [-0.1, -0.05) is 18.2 Å². The number of rotatable bonds is 4. The van der Waals surface area contributed by atoms with E-state index in [-0.39, 0.29) is 5.78 Å². The van der Waals surface area contributed by atoms with Crippen molar-refractivity contribution in [2.24, 2.45) is 0 Å². The Morgan fingerprint density at radius 3 is 2.72 bits per heavy atom. The highest BCUT2D eigenvalue weighted by molar-refractivity contribution is 9.11. The zero-order valence-electron chi connectivity index (χ0n) is 9.72. The molecule has 4 heteroatoms. The number of ether oxygens (including phenoxy) is 1. The number of carbonyl (C=O) groups excluding carboxylic acids is 1. The third kappa shape index (κ3) is 3.09. The van der Waals surface area contributed by atoms with Gasteiger partial charge in [-0.2, -0.15) is 0 Å². The molecule has 1 aromatic carbocycles. The summed E-state index contributed by atoms with van der Waals surface area (Å²) in [4.78, 5) is 12.6. The van der Waals surface area contributed by atoms with Gasteiger partial charge in [0.05, 0.1) is 15.8 Å². The van der Waals surface area contributed by atoms with Crippen LogP contribution in [0.25, 0.3) is 6.08 Å². The topological polar surface area (TPSA) is 26.3 Å². The van der Waals surface area contributed by atoms with Gasteiger partial charge < -0.3 is 4.74 Å². The van der Waals surface area contributed by atoms with Crippen LogP contribution in [0.5, 0.6) is 5.75 Å². The zero-order chi connectivity index (χ0) is 13.0. The van der Waals surface area contributed by atoms with Gasteiger partial charge in [-0.25, -0.2) is 0 Å². The number of allylic oxidation sites excluding steroid dienone is 1. The van der Waals surface area contributed by atoms with Crippen molar-refractivity contribution in [1.82, 2.24) is 0 Å². The highest BCUT2D eigenvalue weighted by atomic mass is 79.9. The Balaban J connectivity index is 2.18. The van der Waals surface area contributed by atoms with Crippen LogP contribution in [0, 0.1) is 0 Å². The minimum absolute atomic E-state index is 0.00314. The highest BCUT2D eigenvalue weighted by Crippen LogP contribution is 2.23. The molecule has 0 unspecified atom stereocenters. The van der Waals surface area contributed by atoms with E-state index in [1.807, 2.05) is 36.4 Å². The molecule has 0 amide bonds. The number of benzene rings is 1. The molecule has 0 saturated carbocycles. The van der Waals surface area contributed by atoms with Gasteiger partial charge in [0.25, 0.3) is 0 Å². The number of thiophene rings is 1. The van der Waals surface area contributed by atoms with Gasteiger partial charge in [0, 0.05) is 5.56 Å². The fraction of sp³-hybridized carbons (Fsp3) is 0.0714. The maximum atomic E-state index is 11.9. The van der Waals surface area contributed by atoms with Crippen molar-refractivity contribution in [3.8, 4) is 5.75 Å². The Bertz CT molecular complexity index is 587. The molecule has 1 aromatic heterocycles. The molecule has 0 fully saturated rings. The van der Waals surface area contributed by atoms with Crippen molar-refractivity contribution in [3.05, 3.63) is 56.7 Å². The van der Waals surface area contributed by atoms with E-state index in [9.17, 15) is 4.79 Å². The molecule has 0 N–H and O–H groups in total. The van der Waals surface area contributed by atoms with Gasteiger partial charge in [0.2, 0.25) is 0 Å². The molecule has 0 bridgehead atoms. The number of ketones is 1. The minimum Gasteiger partial charge on any atom is -0.496 e. The standard InChI is InChI=1S/C14H11BrO2S/c1-17-12-5-3-2-4-10(12)6-7-11(16)13-8-9-14(15)18-13/h2-9H,1H3/b7-6+. The summed E-state index contributed by atoms with van der Waals surface area (Å²) in [6, 6.07) is 11.3. The number of hydrogen-bond acceptors (Lipinski definition) is 3. The Morgan fingerprint density at radius 2 is 2.06 bits per heavy atom. The number of carbonyl (C=O) groups is 1. The molecule has 0 radical (unpaired) electrons. The van der Waals surface area contributed by atoms with E-state index in [4.69, 9.17) is 4.74 Å². The Labute approximate surface area is 118 Å². The van der Waals surface area contributed by atoms with Crippen molar-refractivity contribution in [1.29, 1.82) is 0 Å². The fourth-order valence-corrected chi connectivity index (χ4v) is 2.80. The Kier molecular flexibility index (Phi) is 4.33. The first-order valence-corrected chi connectivity index (χ1v) is 6.92. The molecule has 2 nitrogen and oxygen atoms in total. The van der Waals surface area contributed by atoms with Crippen LogP contribution in [-0.2, 0) is 0 Å². The van der Waals surface area contributed by atoms with Gasteiger partial charge >= 0.3 is 0 Å². The second kappa shape index (κ2) is 5.98. The Morgan fingerprint density at radius 1 is 1.28 bits per heavy atom. The van der Waals surface area contributed by atoms with Crippen molar-refractivity contribution in [2.75, 3.05) is 7.11 Å². The maximum absolute atomic E-state index is 11.9. The van der Waals surface area contributed by atoms with Crippen molar-refractivity contribution < 1.29 is 9.53 Å². The summed E-state index contributed by atoms with van der Waals surface area (Å²) in [5, 5.41) is 0. The number of methoxy groups -OCH3 is 1. The molecule has 0 aliphatic carbocycles. The number of para-hydroxylation sites is 1. The fourth-order valence-electron chi connectivity index (χ4n) is 1.50. The van der Waals surface area contributed by atoms with Crippen molar-refractivity contribution in [2.45, 2.75) is 0 Å². The first-order chi connectivity index (χ1) is 8.70. The zero-order valence-corrected chi connectivity index (χ0v) is 12.1. The number of hydrogen-bond donors (Lipinski definition) is 0. The molecule has 0 atom stereocenters. The molecular weight excluding hydrogens is 312 g/mol. The summed E-state index contributed by atoms with van der Waals surface area (Å²) in [6.07, 6.45) is 3.34. The maximum Gasteiger partial charge on any atom is 0.195 e. The highest BCUT2D eigenvalue weighted by Gasteiger charge is 2.05. The van der Waals surface area contributed by atoms with E-state index in [0.717, 1.165) is 15.1 Å². The molecule has 1 heterocycles. The normalized spacial score (nSPS) is 10.8. The summed E-state index contributed by atoms with van der Waals surface area (Å²) >= 11 is 4.77. The van der Waals surface area contributed by atoms with Crippen molar-refractivity contribution in [3.63, 3.8) is 0 Å². The molecule has 18 heavy (non-hydrogen) atoms. The molecule has 0 aliphatic rings. The summed E-state index contributed by atoms with van der Waals surface area (Å²) in [7, 11) is 1.62. The largest absolute Gasteiger partial charge is 0.496 e. The molecular formula is C14H11BrO2S. The van der Waals surface area contributed by atoms with Gasteiger partial charge in [-0.3, -0.25) is 4.79 Å². The van der Waals surface area contributed by atoms with Crippen LogP contribution in [0.15, 0.2) is 46.3 Å². The second-order valence-corrected chi connectivity index (χ2v) is 6.01. The lowest BCUT2D eigenvalue weighted by atomic mass is 10.1. The summed E-state index contributed by atoms with van der Waals surface area (Å²) in [6.45, 7) is 0. The van der Waals surface area contributed by atoms with Crippen LogP contribution in [0.1, 0.15) is 15.2 Å². The van der Waals surface area contributed by atoms with Gasteiger partial charge in [0.1, 0.15) is 5.75 Å². The summed E-state index contributed by atoms with van der Waals surface area (Å²) < 4.78 is 6.18. The minimum atomic E-state index is -0.00314. The van der Waals surface area contributed by atoms with E-state index in [1.54, 1.807) is 19.3 Å². The van der Waals surface area contributed by atoms with E-state index in [1.165, 1.54) is 11.3 Å². The SMILES string of the molecule is COc1ccccc1/C=C/C(=O)c1ccc(Br)s1. The third-order valence-corrected chi connectivity index (χ3v) is 4.01. The average Bonchev–Trinajstić information content (AvgIpc) is 2.83. The third-order valence-electron chi connectivity index (χ3n) is 2.37. The lowest BCUT2D eigenvalue weighted by molar-refractivity contribution is 0.105. The molecule has 92 valence electrons. The molecule has 0 saturated heterocycles. The van der Waals surface area contributed by atoms with E-state index >= 15 is 0 Å². The molecule has 0 aliphatic heterocycles. The first-order valence-electron chi connectivity index (χ1n) is 5.31. The van der Waals surface area contributed by atoms with E-state index < -0.39 is 0 Å². The van der Waals surface area contributed by atoms with Crippen LogP contribution in [0.2, 0.25) is 0 Å². The summed E-state index contributed by atoms with van der Waals surface area (Å²) in [5.41, 5.74) is 0.893. The van der Waals surface area contributed by atoms with E-state index in [2.05, 4.69) is 15.9 Å². The molecule has 2 aromatic rings. The van der Waals surface area contributed by atoms with Crippen LogP contribution in [0.4, 0.5) is 0 Å². The molecule has 0 spiro atoms. The van der Waals surface area contributed by atoms with Gasteiger partial charge in [-0.05, 0) is 46.3 Å². The first kappa shape index (κ1) is 13.1. The second-order valence-electron chi connectivity index (χ2n) is 3.54. The predicted octanol–water partition coefficient (Wildman–Crippen LogP) is 4.42. The quantitative estimate of drug-likeness (QED) is 0.615. The predicted molar refractivity (Wildman–Crippen MR) is 78.4 cm³/mol. The number of halogens is 1. The smallest absolute Gasteiger partial charge is 0.195 e. The van der Waals surface area contributed by atoms with Crippen LogP contribution in [0.3, 0.4) is 0 Å². The lowest BCUT2D eigenvalue weighted by Crippen LogP contribution is -1.90. The van der Waals surface area contributed by atoms with E-state index in [0.29, 0.717) is 4.88 Å². The Hall–Kier alpha value is -1.39. The van der Waals surface area contributed by atoms with Gasteiger partial charge in [-0.15, -0.1) is 11.3 Å². The van der Waals surface area contributed by atoms with Crippen molar-refractivity contribution >= 4 is 39.1 Å². The van der Waals surface area contributed by atoms with Crippen LogP contribution < -0.4 is 4.74 Å². The van der Waals surface area contributed by atoms with Gasteiger partial charge in [0.15, 0.2) is 5.78 Å². The summed E-state index contributed by atoms with van der Waals surface area (Å²) in [5.74, 6) is 0.755. The van der Waals surface area contributed by atoms with Crippen LogP contribution in [-0.4, -0.2) is 12.9 Å². The van der Waals surface area contributed by atoms with Crippen LogP contribution >= 0.6 is 27.3 Å². The lowest BCUT2D eigenvalue weighted by Gasteiger charge is -2.02.